The van der Waals surface area contributed by atoms with Crippen molar-refractivity contribution in [3.05, 3.63) is 35.9 Å². The molecule has 32 heavy (non-hydrogen) atoms. The summed E-state index contributed by atoms with van der Waals surface area (Å²) in [6.45, 7) is 5.86. The summed E-state index contributed by atoms with van der Waals surface area (Å²) < 4.78 is 5.13. The fourth-order valence-electron chi connectivity index (χ4n) is 3.36. The molecule has 0 aliphatic rings. The molecule has 1 rings (SSSR count). The Bertz CT molecular complexity index is 686. The smallest absolute Gasteiger partial charge is 0.242 e. The molecule has 9 heteroatoms. The topological polar surface area (TPSA) is 128 Å². The van der Waals surface area contributed by atoms with Gasteiger partial charge in [-0.25, -0.2) is 5.06 Å². The maximum absolute atomic E-state index is 13.1. The van der Waals surface area contributed by atoms with Crippen LogP contribution in [0.25, 0.3) is 0 Å². The Balaban J connectivity index is 2.76. The molecule has 3 atom stereocenters. The average Bonchev–Trinajstić information content (AvgIpc) is 2.79. The highest BCUT2D eigenvalue weighted by atomic mass is 16.5. The van der Waals surface area contributed by atoms with Crippen LogP contribution in [0.1, 0.15) is 39.2 Å². The molecule has 0 aliphatic heterocycles. The molecule has 3 unspecified atom stereocenters. The first-order valence-electron chi connectivity index (χ1n) is 11.0. The van der Waals surface area contributed by atoms with Crippen LogP contribution in [0, 0.1) is 11.8 Å². The van der Waals surface area contributed by atoms with Crippen LogP contribution in [0.2, 0.25) is 0 Å². The minimum absolute atomic E-state index is 0.0921. The predicted octanol–water partition coefficient (Wildman–Crippen LogP) is 1.13. The van der Waals surface area contributed by atoms with Gasteiger partial charge in [-0.3, -0.25) is 19.6 Å². The molecular formula is C23H37N3O6. The van der Waals surface area contributed by atoms with Gasteiger partial charge in [0.05, 0.1) is 31.8 Å². The van der Waals surface area contributed by atoms with Gasteiger partial charge < -0.3 is 20.5 Å². The monoisotopic (exact) mass is 451 g/mol. The Kier molecular flexibility index (Phi) is 13.2. The molecule has 1 aromatic carbocycles. The van der Waals surface area contributed by atoms with E-state index < -0.39 is 23.9 Å². The van der Waals surface area contributed by atoms with Crippen LogP contribution in [0.5, 0.6) is 0 Å². The minimum Gasteiger partial charge on any atom is -0.394 e. The van der Waals surface area contributed by atoms with Gasteiger partial charge in [-0.05, 0) is 37.7 Å². The zero-order valence-corrected chi connectivity index (χ0v) is 19.2. The molecule has 0 aliphatic carbocycles. The molecular weight excluding hydrogens is 414 g/mol. The van der Waals surface area contributed by atoms with Gasteiger partial charge in [-0.1, -0.05) is 44.2 Å². The van der Waals surface area contributed by atoms with Gasteiger partial charge >= 0.3 is 0 Å². The molecule has 9 nitrogen and oxygen atoms in total. The molecule has 0 saturated carbocycles. The van der Waals surface area contributed by atoms with Crippen LogP contribution in [0.15, 0.2) is 30.3 Å². The number of amides is 3. The first-order valence-corrected chi connectivity index (χ1v) is 11.0. The number of aliphatic hydroxyl groups excluding tert-OH is 1. The second-order valence-electron chi connectivity index (χ2n) is 8.07. The number of carbonyl (C=O) groups excluding carboxylic acids is 3. The Morgan fingerprint density at radius 3 is 2.41 bits per heavy atom. The quantitative estimate of drug-likeness (QED) is 0.129. The number of hydrogen-bond acceptors (Lipinski definition) is 6. The van der Waals surface area contributed by atoms with Crippen molar-refractivity contribution in [3.8, 4) is 0 Å². The third kappa shape index (κ3) is 9.76. The first kappa shape index (κ1) is 27.5. The number of rotatable bonds is 16. The molecule has 0 radical (unpaired) electrons. The summed E-state index contributed by atoms with van der Waals surface area (Å²) in [6, 6.07) is 8.33. The number of carbonyl (C=O) groups is 3. The lowest BCUT2D eigenvalue weighted by Gasteiger charge is -2.30. The lowest BCUT2D eigenvalue weighted by Crippen LogP contribution is -2.54. The van der Waals surface area contributed by atoms with E-state index in [1.807, 2.05) is 44.2 Å². The molecule has 1 aromatic rings. The SMILES string of the molecule is CC(C)C(NC(=O)C(CCCc1ccccc1)C(C)N(O)C=O)C(=O)NCCOCCO. The van der Waals surface area contributed by atoms with E-state index in [2.05, 4.69) is 10.6 Å². The highest BCUT2D eigenvalue weighted by Crippen LogP contribution is 2.19. The van der Waals surface area contributed by atoms with E-state index in [1.165, 1.54) is 0 Å². The van der Waals surface area contributed by atoms with Crippen molar-refractivity contribution in [2.24, 2.45) is 11.8 Å². The summed E-state index contributed by atoms with van der Waals surface area (Å²) in [7, 11) is 0. The lowest BCUT2D eigenvalue weighted by molar-refractivity contribution is -0.166. The highest BCUT2D eigenvalue weighted by Gasteiger charge is 2.32. The van der Waals surface area contributed by atoms with Gasteiger partial charge in [0, 0.05) is 6.54 Å². The van der Waals surface area contributed by atoms with Crippen molar-refractivity contribution in [1.29, 1.82) is 0 Å². The predicted molar refractivity (Wildman–Crippen MR) is 120 cm³/mol. The van der Waals surface area contributed by atoms with E-state index in [9.17, 15) is 19.6 Å². The number of benzene rings is 1. The zero-order valence-electron chi connectivity index (χ0n) is 19.2. The second-order valence-corrected chi connectivity index (χ2v) is 8.07. The lowest BCUT2D eigenvalue weighted by atomic mass is 9.91. The van der Waals surface area contributed by atoms with Crippen molar-refractivity contribution >= 4 is 18.2 Å². The van der Waals surface area contributed by atoms with E-state index in [4.69, 9.17) is 9.84 Å². The van der Waals surface area contributed by atoms with Crippen LogP contribution in [-0.2, 0) is 25.5 Å². The third-order valence-corrected chi connectivity index (χ3v) is 5.30. The number of aliphatic hydroxyl groups is 1. The molecule has 0 heterocycles. The molecule has 0 bridgehead atoms. The minimum atomic E-state index is -0.771. The number of nitrogens with one attached hydrogen (secondary N) is 2. The molecule has 0 spiro atoms. The van der Waals surface area contributed by atoms with Crippen molar-refractivity contribution < 1.29 is 29.4 Å². The van der Waals surface area contributed by atoms with Crippen LogP contribution >= 0.6 is 0 Å². The fourth-order valence-corrected chi connectivity index (χ4v) is 3.36. The van der Waals surface area contributed by atoms with Crippen molar-refractivity contribution in [2.75, 3.05) is 26.4 Å². The van der Waals surface area contributed by atoms with Crippen LogP contribution < -0.4 is 10.6 Å². The van der Waals surface area contributed by atoms with Gasteiger partial charge in [0.2, 0.25) is 18.2 Å². The molecule has 0 aromatic heterocycles. The van der Waals surface area contributed by atoms with Crippen molar-refractivity contribution in [3.63, 3.8) is 0 Å². The zero-order chi connectivity index (χ0) is 23.9. The van der Waals surface area contributed by atoms with E-state index in [0.717, 1.165) is 12.0 Å². The van der Waals surface area contributed by atoms with Gasteiger partial charge in [-0.15, -0.1) is 0 Å². The summed E-state index contributed by atoms with van der Waals surface area (Å²) in [6.07, 6.45) is 2.15. The van der Waals surface area contributed by atoms with Crippen molar-refractivity contribution in [1.82, 2.24) is 15.7 Å². The average molecular weight is 452 g/mol. The normalized spacial score (nSPS) is 13.8. The largest absolute Gasteiger partial charge is 0.394 e. The number of nitrogens with zero attached hydrogens (tertiary/aromatic N) is 1. The summed E-state index contributed by atoms with van der Waals surface area (Å²) in [5, 5.41) is 24.6. The molecule has 0 saturated heterocycles. The molecule has 3 amide bonds. The second kappa shape index (κ2) is 15.3. The number of hydroxylamine groups is 2. The standard InChI is InChI=1S/C23H37N3O6/c1-17(2)21(23(30)24-12-14-32-15-13-27)25-22(29)20(18(3)26(31)16-28)11-7-10-19-8-5-4-6-9-19/h4-6,8-9,16-18,20-21,27,31H,7,10-15H2,1-3H3,(H,24,30)(H,25,29). The summed E-state index contributed by atoms with van der Waals surface area (Å²) >= 11 is 0. The number of ether oxygens (including phenoxy) is 1. The molecule has 0 fully saturated rings. The van der Waals surface area contributed by atoms with Gasteiger partial charge in [0.1, 0.15) is 6.04 Å². The van der Waals surface area contributed by atoms with Crippen LogP contribution in [-0.4, -0.2) is 72.1 Å². The maximum atomic E-state index is 13.1. The molecule has 4 N–H and O–H groups in total. The van der Waals surface area contributed by atoms with E-state index >= 15 is 0 Å². The van der Waals surface area contributed by atoms with Gasteiger partial charge in [-0.2, -0.15) is 0 Å². The van der Waals surface area contributed by atoms with E-state index in [1.54, 1.807) is 6.92 Å². The van der Waals surface area contributed by atoms with Crippen molar-refractivity contribution in [2.45, 2.75) is 52.1 Å². The summed E-state index contributed by atoms with van der Waals surface area (Å²) in [5.41, 5.74) is 1.14. The summed E-state index contributed by atoms with van der Waals surface area (Å²) in [5.74, 6) is -1.59. The van der Waals surface area contributed by atoms with Crippen LogP contribution in [0.3, 0.4) is 0 Å². The number of aryl methyl sites for hydroxylation is 1. The van der Waals surface area contributed by atoms with E-state index in [0.29, 0.717) is 17.9 Å². The Labute approximate surface area is 190 Å². The maximum Gasteiger partial charge on any atom is 0.242 e. The van der Waals surface area contributed by atoms with Gasteiger partial charge in [0.15, 0.2) is 0 Å². The van der Waals surface area contributed by atoms with E-state index in [-0.39, 0.29) is 44.6 Å². The highest BCUT2D eigenvalue weighted by molar-refractivity contribution is 5.89. The Hall–Kier alpha value is -2.49. The van der Waals surface area contributed by atoms with Gasteiger partial charge in [0.25, 0.3) is 0 Å². The fraction of sp³-hybridized carbons (Fsp3) is 0.609. The van der Waals surface area contributed by atoms with Crippen LogP contribution in [0.4, 0.5) is 0 Å². The summed E-state index contributed by atoms with van der Waals surface area (Å²) in [4.78, 5) is 36.7. The Morgan fingerprint density at radius 1 is 1.12 bits per heavy atom. The Morgan fingerprint density at radius 2 is 1.81 bits per heavy atom. The third-order valence-electron chi connectivity index (χ3n) is 5.30. The first-order chi connectivity index (χ1) is 15.3. The molecule has 180 valence electrons. The number of hydrogen-bond donors (Lipinski definition) is 4.